The molecule has 2 aromatic rings. The molecule has 0 spiro atoms. The first kappa shape index (κ1) is 19.2. The number of amides is 1. The Labute approximate surface area is 150 Å². The largest absolute Gasteiger partial charge is 0.389 e. The van der Waals surface area contributed by atoms with E-state index in [0.29, 0.717) is 5.56 Å². The minimum atomic E-state index is -0.461. The van der Waals surface area contributed by atoms with Crippen LogP contribution in [0.1, 0.15) is 35.4 Å². The van der Waals surface area contributed by atoms with E-state index in [9.17, 15) is 9.90 Å². The number of hydrogen-bond donors (Lipinski definition) is 1. The topological polar surface area (TPSA) is 43.8 Å². The van der Waals surface area contributed by atoms with Crippen LogP contribution in [0, 0.1) is 0 Å². The molecule has 4 nitrogen and oxygen atoms in total. The van der Waals surface area contributed by atoms with Crippen molar-refractivity contribution in [3.05, 3.63) is 59.7 Å². The summed E-state index contributed by atoms with van der Waals surface area (Å²) in [6, 6.07) is 15.5. The summed E-state index contributed by atoms with van der Waals surface area (Å²) in [6.45, 7) is 3.48. The number of rotatable bonds is 7. The lowest BCUT2D eigenvalue weighted by Crippen LogP contribution is -2.29. The third-order valence-electron chi connectivity index (χ3n) is 4.30. The molecule has 4 heteroatoms. The second-order valence-electron chi connectivity index (χ2n) is 6.76. The normalized spacial score (nSPS) is 12.2. The van der Waals surface area contributed by atoms with Gasteiger partial charge in [-0.05, 0) is 62.8 Å². The van der Waals surface area contributed by atoms with Gasteiger partial charge in [-0.2, -0.15) is 0 Å². The smallest absolute Gasteiger partial charge is 0.253 e. The fraction of sp³-hybridized carbons (Fsp3) is 0.381. The summed E-state index contributed by atoms with van der Waals surface area (Å²) in [5.41, 5.74) is 3.73. The summed E-state index contributed by atoms with van der Waals surface area (Å²) in [4.78, 5) is 16.4. The molecule has 0 fully saturated rings. The summed E-state index contributed by atoms with van der Waals surface area (Å²) in [6.07, 6.45) is 0.500. The molecule has 1 unspecified atom stereocenters. The number of benzene rings is 2. The molecule has 0 saturated heterocycles. The SMILES string of the molecule is CC(O)c1ccc(-c2ccc(C(=O)N(C)CCCN(C)C)cc2)cc1. The van der Waals surface area contributed by atoms with Gasteiger partial charge in [0.1, 0.15) is 0 Å². The number of nitrogens with zero attached hydrogens (tertiary/aromatic N) is 2. The molecule has 134 valence electrons. The van der Waals surface area contributed by atoms with Gasteiger partial charge < -0.3 is 14.9 Å². The first-order valence-electron chi connectivity index (χ1n) is 8.67. The van der Waals surface area contributed by atoms with Crippen molar-refractivity contribution < 1.29 is 9.90 Å². The van der Waals surface area contributed by atoms with Gasteiger partial charge in [0, 0.05) is 19.2 Å². The molecular formula is C21H28N2O2. The van der Waals surface area contributed by atoms with Gasteiger partial charge in [-0.1, -0.05) is 36.4 Å². The van der Waals surface area contributed by atoms with Crippen LogP contribution >= 0.6 is 0 Å². The third kappa shape index (κ3) is 5.41. The molecular weight excluding hydrogens is 312 g/mol. The van der Waals surface area contributed by atoms with E-state index in [1.807, 2.05) is 69.7 Å². The van der Waals surface area contributed by atoms with Crippen molar-refractivity contribution in [2.75, 3.05) is 34.2 Å². The van der Waals surface area contributed by atoms with Gasteiger partial charge >= 0.3 is 0 Å². The zero-order valence-electron chi connectivity index (χ0n) is 15.6. The lowest BCUT2D eigenvalue weighted by molar-refractivity contribution is 0.0790. The first-order chi connectivity index (χ1) is 11.9. The van der Waals surface area contributed by atoms with Crippen LogP contribution in [0.15, 0.2) is 48.5 Å². The Morgan fingerprint density at radius 2 is 1.44 bits per heavy atom. The molecule has 0 heterocycles. The molecule has 2 rings (SSSR count). The minimum absolute atomic E-state index is 0.0507. The molecule has 0 aliphatic rings. The number of aliphatic hydroxyl groups excluding tert-OH is 1. The summed E-state index contributed by atoms with van der Waals surface area (Å²) in [7, 11) is 5.92. The maximum Gasteiger partial charge on any atom is 0.253 e. The van der Waals surface area contributed by atoms with E-state index >= 15 is 0 Å². The molecule has 2 aromatic carbocycles. The molecule has 0 bridgehead atoms. The Hall–Kier alpha value is -2.17. The van der Waals surface area contributed by atoms with Gasteiger partial charge in [0.15, 0.2) is 0 Å². The summed E-state index contributed by atoms with van der Waals surface area (Å²) in [5.74, 6) is 0.0507. The molecule has 1 N–H and O–H groups in total. The van der Waals surface area contributed by atoms with Crippen LogP contribution in [0.5, 0.6) is 0 Å². The predicted octanol–water partition coefficient (Wildman–Crippen LogP) is 3.43. The van der Waals surface area contributed by atoms with Gasteiger partial charge in [0.05, 0.1) is 6.10 Å². The fourth-order valence-corrected chi connectivity index (χ4v) is 2.71. The third-order valence-corrected chi connectivity index (χ3v) is 4.30. The number of carbonyl (C=O) groups is 1. The lowest BCUT2D eigenvalue weighted by atomic mass is 10.0. The van der Waals surface area contributed by atoms with Gasteiger partial charge in [0.25, 0.3) is 5.91 Å². The molecule has 0 aliphatic heterocycles. The zero-order chi connectivity index (χ0) is 18.4. The predicted molar refractivity (Wildman–Crippen MR) is 103 cm³/mol. The maximum atomic E-state index is 12.5. The molecule has 1 amide bonds. The second-order valence-corrected chi connectivity index (χ2v) is 6.76. The molecule has 0 aromatic heterocycles. The first-order valence-corrected chi connectivity index (χ1v) is 8.67. The van der Waals surface area contributed by atoms with Gasteiger partial charge in [0.2, 0.25) is 0 Å². The average molecular weight is 340 g/mol. The van der Waals surface area contributed by atoms with Crippen LogP contribution in [-0.4, -0.2) is 55.0 Å². The van der Waals surface area contributed by atoms with E-state index in [0.717, 1.165) is 36.2 Å². The lowest BCUT2D eigenvalue weighted by Gasteiger charge is -2.18. The standard InChI is InChI=1S/C21H28N2O2/c1-16(24)17-6-8-18(9-7-17)19-10-12-20(13-11-19)21(25)23(4)15-5-14-22(2)3/h6-13,16,24H,5,14-15H2,1-4H3. The highest BCUT2D eigenvalue weighted by atomic mass is 16.3. The zero-order valence-corrected chi connectivity index (χ0v) is 15.6. The summed E-state index contributed by atoms with van der Waals surface area (Å²) >= 11 is 0. The number of hydrogen-bond acceptors (Lipinski definition) is 3. The van der Waals surface area contributed by atoms with Crippen molar-refractivity contribution in [1.82, 2.24) is 9.80 Å². The highest BCUT2D eigenvalue weighted by molar-refractivity contribution is 5.94. The van der Waals surface area contributed by atoms with E-state index in [2.05, 4.69) is 4.90 Å². The minimum Gasteiger partial charge on any atom is -0.389 e. The van der Waals surface area contributed by atoms with Crippen LogP contribution in [0.4, 0.5) is 0 Å². The second kappa shape index (κ2) is 8.79. The number of aliphatic hydroxyl groups is 1. The molecule has 0 aliphatic carbocycles. The highest BCUT2D eigenvalue weighted by Crippen LogP contribution is 2.22. The van der Waals surface area contributed by atoms with Crippen molar-refractivity contribution in [1.29, 1.82) is 0 Å². The van der Waals surface area contributed by atoms with Crippen LogP contribution in [0.2, 0.25) is 0 Å². The van der Waals surface area contributed by atoms with E-state index in [1.165, 1.54) is 0 Å². The van der Waals surface area contributed by atoms with Crippen molar-refractivity contribution in [3.8, 4) is 11.1 Å². The van der Waals surface area contributed by atoms with E-state index in [1.54, 1.807) is 11.8 Å². The molecule has 1 atom stereocenters. The van der Waals surface area contributed by atoms with E-state index in [-0.39, 0.29) is 5.91 Å². The molecule has 0 radical (unpaired) electrons. The van der Waals surface area contributed by atoms with Crippen LogP contribution < -0.4 is 0 Å². The summed E-state index contributed by atoms with van der Waals surface area (Å²) in [5, 5.41) is 9.58. The fourth-order valence-electron chi connectivity index (χ4n) is 2.71. The van der Waals surface area contributed by atoms with Crippen LogP contribution in [0.25, 0.3) is 11.1 Å². The van der Waals surface area contributed by atoms with Crippen molar-refractivity contribution in [2.45, 2.75) is 19.4 Å². The maximum absolute atomic E-state index is 12.5. The van der Waals surface area contributed by atoms with Crippen LogP contribution in [0.3, 0.4) is 0 Å². The molecule has 25 heavy (non-hydrogen) atoms. The Balaban J connectivity index is 2.02. The van der Waals surface area contributed by atoms with Gasteiger partial charge in [-0.3, -0.25) is 4.79 Å². The Bertz CT molecular complexity index is 676. The Morgan fingerprint density at radius 3 is 1.92 bits per heavy atom. The van der Waals surface area contributed by atoms with Crippen LogP contribution in [-0.2, 0) is 0 Å². The monoisotopic (exact) mass is 340 g/mol. The van der Waals surface area contributed by atoms with Gasteiger partial charge in [-0.25, -0.2) is 0 Å². The molecule has 0 saturated carbocycles. The number of carbonyl (C=O) groups excluding carboxylic acids is 1. The van der Waals surface area contributed by atoms with Gasteiger partial charge in [-0.15, -0.1) is 0 Å². The van der Waals surface area contributed by atoms with Crippen molar-refractivity contribution in [2.24, 2.45) is 0 Å². The Kier molecular flexibility index (Phi) is 6.73. The van der Waals surface area contributed by atoms with E-state index in [4.69, 9.17) is 0 Å². The quantitative estimate of drug-likeness (QED) is 0.840. The Morgan fingerprint density at radius 1 is 0.920 bits per heavy atom. The van der Waals surface area contributed by atoms with Crippen molar-refractivity contribution >= 4 is 5.91 Å². The van der Waals surface area contributed by atoms with E-state index < -0.39 is 6.10 Å². The highest BCUT2D eigenvalue weighted by Gasteiger charge is 2.11. The average Bonchev–Trinajstić information content (AvgIpc) is 2.61. The summed E-state index contributed by atoms with van der Waals surface area (Å²) < 4.78 is 0. The van der Waals surface area contributed by atoms with Crippen molar-refractivity contribution in [3.63, 3.8) is 0 Å².